The van der Waals surface area contributed by atoms with E-state index >= 15 is 0 Å². The van der Waals surface area contributed by atoms with Crippen molar-refractivity contribution in [2.24, 2.45) is 28.6 Å². The van der Waals surface area contributed by atoms with Crippen molar-refractivity contribution in [3.63, 3.8) is 0 Å². The van der Waals surface area contributed by atoms with Crippen molar-refractivity contribution >= 4 is 11.9 Å². The molecule has 1 N–H and O–H groups in total. The lowest BCUT2D eigenvalue weighted by molar-refractivity contribution is -0.176. The van der Waals surface area contributed by atoms with E-state index in [4.69, 9.17) is 9.47 Å². The number of esters is 2. The average molecular weight is 334 g/mol. The van der Waals surface area contributed by atoms with Crippen molar-refractivity contribution in [1.29, 1.82) is 0 Å². The minimum Gasteiger partial charge on any atom is -0.462 e. The molecular formula is C19H26O5. The van der Waals surface area contributed by atoms with Crippen LogP contribution < -0.4 is 0 Å². The van der Waals surface area contributed by atoms with Gasteiger partial charge in [0.2, 0.25) is 0 Å². The molecule has 0 aromatic rings. The van der Waals surface area contributed by atoms with E-state index in [2.05, 4.69) is 6.58 Å². The Kier molecular flexibility index (Phi) is 3.57. The molecule has 24 heavy (non-hydrogen) atoms. The zero-order valence-corrected chi connectivity index (χ0v) is 14.3. The smallest absolute Gasteiger partial charge is 0.333 e. The van der Waals surface area contributed by atoms with Crippen LogP contribution in [-0.2, 0) is 19.1 Å². The molecule has 5 aliphatic carbocycles. The molecule has 132 valence electrons. The molecule has 0 aromatic carbocycles. The average Bonchev–Trinajstić information content (AvgIpc) is 3.23. The second kappa shape index (κ2) is 5.32. The topological polar surface area (TPSA) is 72.8 Å². The maximum Gasteiger partial charge on any atom is 0.333 e. The number of carbonyl (C=O) groups is 2. The van der Waals surface area contributed by atoms with Gasteiger partial charge in [-0.1, -0.05) is 6.58 Å². The van der Waals surface area contributed by atoms with Crippen molar-refractivity contribution in [2.75, 3.05) is 13.2 Å². The molecule has 0 heterocycles. The SMILES string of the molecule is C=C(C)C(=O)OCC(O)COC(=O)C12CC3CC(C1)C1CC1(C3)C2. The van der Waals surface area contributed by atoms with Gasteiger partial charge >= 0.3 is 11.9 Å². The molecule has 0 aromatic heterocycles. The summed E-state index contributed by atoms with van der Waals surface area (Å²) in [6.45, 7) is 4.74. The molecule has 6 unspecified atom stereocenters. The standard InChI is InChI=1S/C19H26O5/c1-11(2)16(21)23-8-14(20)9-24-17(22)19-5-12-3-13(6-19)15-7-18(15,4-12)10-19/h12-15,20H,1,3-10H2,2H3. The van der Waals surface area contributed by atoms with E-state index in [0.29, 0.717) is 17.3 Å². The second-order valence-corrected chi connectivity index (χ2v) is 8.74. The minimum atomic E-state index is -0.988. The largest absolute Gasteiger partial charge is 0.462 e. The first-order chi connectivity index (χ1) is 11.3. The molecular weight excluding hydrogens is 308 g/mol. The van der Waals surface area contributed by atoms with E-state index in [1.807, 2.05) is 0 Å². The molecule has 5 rings (SSSR count). The number of hydrogen-bond acceptors (Lipinski definition) is 5. The number of aliphatic hydroxyl groups is 1. The molecule has 5 fully saturated rings. The Labute approximate surface area is 142 Å². The van der Waals surface area contributed by atoms with Crippen molar-refractivity contribution in [3.8, 4) is 0 Å². The van der Waals surface area contributed by atoms with Crippen LogP contribution >= 0.6 is 0 Å². The highest BCUT2D eigenvalue weighted by atomic mass is 16.6. The first kappa shape index (κ1) is 16.1. The van der Waals surface area contributed by atoms with Crippen molar-refractivity contribution in [3.05, 3.63) is 12.2 Å². The summed E-state index contributed by atoms with van der Waals surface area (Å²) in [5.74, 6) is 1.57. The van der Waals surface area contributed by atoms with Crippen molar-refractivity contribution < 1.29 is 24.2 Å². The third kappa shape index (κ3) is 2.48. The number of carbonyl (C=O) groups excluding carboxylic acids is 2. The minimum absolute atomic E-state index is 0.115. The molecule has 0 radical (unpaired) electrons. The highest BCUT2D eigenvalue weighted by Crippen LogP contribution is 2.78. The molecule has 5 nitrogen and oxygen atoms in total. The zero-order valence-electron chi connectivity index (χ0n) is 14.3. The molecule has 1 spiro atoms. The molecule has 0 amide bonds. The summed E-state index contributed by atoms with van der Waals surface area (Å²) in [4.78, 5) is 24.1. The Morgan fingerprint density at radius 1 is 1.21 bits per heavy atom. The number of rotatable bonds is 6. The van der Waals surface area contributed by atoms with E-state index in [-0.39, 0.29) is 30.2 Å². The van der Waals surface area contributed by atoms with Crippen molar-refractivity contribution in [1.82, 2.24) is 0 Å². The van der Waals surface area contributed by atoms with E-state index in [1.165, 1.54) is 19.3 Å². The van der Waals surface area contributed by atoms with Crippen LogP contribution in [0.2, 0.25) is 0 Å². The summed E-state index contributed by atoms with van der Waals surface area (Å²) in [6, 6.07) is 0. The summed E-state index contributed by atoms with van der Waals surface area (Å²) in [5.41, 5.74) is 0.414. The second-order valence-electron chi connectivity index (χ2n) is 8.74. The fourth-order valence-electron chi connectivity index (χ4n) is 6.05. The highest BCUT2D eigenvalue weighted by Gasteiger charge is 2.72. The van der Waals surface area contributed by atoms with Gasteiger partial charge in [-0.15, -0.1) is 0 Å². The Morgan fingerprint density at radius 2 is 1.96 bits per heavy atom. The van der Waals surface area contributed by atoms with Gasteiger partial charge in [0.25, 0.3) is 0 Å². The Bertz CT molecular complexity index is 599. The maximum absolute atomic E-state index is 12.8. The molecule has 4 bridgehead atoms. The van der Waals surface area contributed by atoms with Gasteiger partial charge in [0, 0.05) is 5.57 Å². The van der Waals surface area contributed by atoms with E-state index in [9.17, 15) is 14.7 Å². The van der Waals surface area contributed by atoms with Crippen LogP contribution in [0, 0.1) is 28.6 Å². The van der Waals surface area contributed by atoms with Gasteiger partial charge in [0.05, 0.1) is 5.41 Å². The van der Waals surface area contributed by atoms with Gasteiger partial charge < -0.3 is 14.6 Å². The van der Waals surface area contributed by atoms with E-state index < -0.39 is 12.1 Å². The molecule has 5 heteroatoms. The summed E-state index contributed by atoms with van der Waals surface area (Å²) < 4.78 is 10.3. The van der Waals surface area contributed by atoms with Gasteiger partial charge in [-0.25, -0.2) is 4.79 Å². The summed E-state index contributed by atoms with van der Waals surface area (Å²) >= 11 is 0. The van der Waals surface area contributed by atoms with Crippen LogP contribution in [-0.4, -0.2) is 36.4 Å². The molecule has 0 aliphatic heterocycles. The quantitative estimate of drug-likeness (QED) is 0.596. The fourth-order valence-corrected chi connectivity index (χ4v) is 6.05. The van der Waals surface area contributed by atoms with Gasteiger partial charge in [0.1, 0.15) is 19.3 Å². The van der Waals surface area contributed by atoms with E-state index in [0.717, 1.165) is 25.2 Å². The summed E-state index contributed by atoms with van der Waals surface area (Å²) in [5, 5.41) is 9.89. The lowest BCUT2D eigenvalue weighted by Gasteiger charge is -2.55. The van der Waals surface area contributed by atoms with Gasteiger partial charge in [-0.05, 0) is 68.6 Å². The first-order valence-electron chi connectivity index (χ1n) is 9.01. The van der Waals surface area contributed by atoms with Crippen molar-refractivity contribution in [2.45, 2.75) is 51.6 Å². The zero-order chi connectivity index (χ0) is 17.1. The Hall–Kier alpha value is -1.36. The Balaban J connectivity index is 1.31. The number of hydrogen-bond donors (Lipinski definition) is 1. The summed E-state index contributed by atoms with van der Waals surface area (Å²) in [7, 11) is 0. The van der Waals surface area contributed by atoms with Gasteiger partial charge in [-0.2, -0.15) is 0 Å². The monoisotopic (exact) mass is 334 g/mol. The third-order valence-corrected chi connectivity index (χ3v) is 6.77. The highest BCUT2D eigenvalue weighted by molar-refractivity contribution is 5.86. The third-order valence-electron chi connectivity index (χ3n) is 6.77. The van der Waals surface area contributed by atoms with Crippen LogP contribution in [0.5, 0.6) is 0 Å². The van der Waals surface area contributed by atoms with E-state index in [1.54, 1.807) is 6.92 Å². The normalized spacial score (nSPS) is 42.2. The molecule has 5 saturated carbocycles. The van der Waals surface area contributed by atoms with Gasteiger partial charge in [-0.3, -0.25) is 4.79 Å². The molecule has 0 saturated heterocycles. The predicted octanol–water partition coefficient (Wildman–Crippen LogP) is 2.23. The van der Waals surface area contributed by atoms with Crippen LogP contribution in [0.4, 0.5) is 0 Å². The number of aliphatic hydroxyl groups excluding tert-OH is 1. The molecule has 5 aliphatic rings. The van der Waals surface area contributed by atoms with Crippen LogP contribution in [0.3, 0.4) is 0 Å². The lowest BCUT2D eigenvalue weighted by atomic mass is 9.49. The number of ether oxygens (including phenoxy) is 2. The predicted molar refractivity (Wildman–Crippen MR) is 85.8 cm³/mol. The van der Waals surface area contributed by atoms with Crippen LogP contribution in [0.1, 0.15) is 45.4 Å². The fraction of sp³-hybridized carbons (Fsp3) is 0.789. The lowest BCUT2D eigenvalue weighted by Crippen LogP contribution is -2.51. The van der Waals surface area contributed by atoms with Crippen LogP contribution in [0.15, 0.2) is 12.2 Å². The molecule has 6 atom stereocenters. The van der Waals surface area contributed by atoms with Crippen LogP contribution in [0.25, 0.3) is 0 Å². The van der Waals surface area contributed by atoms with Gasteiger partial charge in [0.15, 0.2) is 0 Å². The Morgan fingerprint density at radius 3 is 2.67 bits per heavy atom. The summed E-state index contributed by atoms with van der Waals surface area (Å²) in [6.07, 6.45) is 5.83. The maximum atomic E-state index is 12.8. The first-order valence-corrected chi connectivity index (χ1v) is 9.01.